The van der Waals surface area contributed by atoms with Crippen LogP contribution in [-0.2, 0) is 19.6 Å². The van der Waals surface area contributed by atoms with Gasteiger partial charge in [-0.3, -0.25) is 10.0 Å². The lowest BCUT2D eigenvalue weighted by molar-refractivity contribution is -0.134. The van der Waals surface area contributed by atoms with Crippen LogP contribution in [0.3, 0.4) is 0 Å². The molecule has 2 fully saturated rings. The summed E-state index contributed by atoms with van der Waals surface area (Å²) in [7, 11) is -3.80. The summed E-state index contributed by atoms with van der Waals surface area (Å²) in [6.45, 7) is 6.51. The molecule has 9 nitrogen and oxygen atoms in total. The summed E-state index contributed by atoms with van der Waals surface area (Å²) in [4.78, 5) is 26.4. The van der Waals surface area contributed by atoms with Gasteiger partial charge in [0.1, 0.15) is 11.4 Å². The van der Waals surface area contributed by atoms with E-state index in [0.29, 0.717) is 43.8 Å². The molecule has 0 aromatic heterocycles. The van der Waals surface area contributed by atoms with Gasteiger partial charge in [-0.2, -0.15) is 0 Å². The molecule has 0 spiro atoms. The molecule has 0 bridgehead atoms. The average molecular weight is 548 g/mol. The Balaban J connectivity index is 1.61. The highest BCUT2D eigenvalue weighted by atomic mass is 35.5. The van der Waals surface area contributed by atoms with Gasteiger partial charge in [0.15, 0.2) is 0 Å². The number of halogens is 2. The van der Waals surface area contributed by atoms with Crippen LogP contribution in [0.2, 0.25) is 5.02 Å². The summed E-state index contributed by atoms with van der Waals surface area (Å²) in [5.74, 6) is -2.86. The Morgan fingerprint density at radius 3 is 2.31 bits per heavy atom. The fourth-order valence-electron chi connectivity index (χ4n) is 4.93. The first kappa shape index (κ1) is 28.6. The fourth-order valence-corrected chi connectivity index (χ4v) is 7.11. The SMILES string of the molecule is CC(C)(C)OC(=O)N1CCC(C(CS(=O)(=O)N2CCC(c3ccc(F)cc3Cl)CC2)C(=O)NO)CC1. The minimum Gasteiger partial charge on any atom is -0.444 e. The van der Waals surface area contributed by atoms with Gasteiger partial charge in [0.2, 0.25) is 15.9 Å². The van der Waals surface area contributed by atoms with Crippen molar-refractivity contribution in [2.45, 2.75) is 58.0 Å². The molecule has 1 atom stereocenters. The van der Waals surface area contributed by atoms with Gasteiger partial charge in [0.25, 0.3) is 0 Å². The Kier molecular flexibility index (Phi) is 9.24. The van der Waals surface area contributed by atoms with Gasteiger partial charge in [0.05, 0.1) is 11.7 Å². The normalized spacial score (nSPS) is 19.7. The number of hydrogen-bond acceptors (Lipinski definition) is 6. The van der Waals surface area contributed by atoms with Crippen molar-refractivity contribution in [1.29, 1.82) is 0 Å². The van der Waals surface area contributed by atoms with Crippen LogP contribution < -0.4 is 5.48 Å². The molecule has 202 valence electrons. The van der Waals surface area contributed by atoms with E-state index in [1.807, 2.05) is 0 Å². The van der Waals surface area contributed by atoms with Gasteiger partial charge in [-0.05, 0) is 76.0 Å². The highest BCUT2D eigenvalue weighted by molar-refractivity contribution is 7.89. The van der Waals surface area contributed by atoms with E-state index in [4.69, 9.17) is 16.3 Å². The maximum Gasteiger partial charge on any atom is 0.410 e. The highest BCUT2D eigenvalue weighted by Crippen LogP contribution is 2.35. The minimum absolute atomic E-state index is 0.0123. The lowest BCUT2D eigenvalue weighted by atomic mass is 9.85. The monoisotopic (exact) mass is 547 g/mol. The first-order valence-electron chi connectivity index (χ1n) is 12.2. The summed E-state index contributed by atoms with van der Waals surface area (Å²) in [6.07, 6.45) is 1.43. The lowest BCUT2D eigenvalue weighted by Crippen LogP contribution is -2.48. The maximum absolute atomic E-state index is 13.4. The largest absolute Gasteiger partial charge is 0.444 e. The molecular weight excluding hydrogens is 513 g/mol. The van der Waals surface area contributed by atoms with Crippen LogP contribution in [0.5, 0.6) is 0 Å². The number of hydroxylamine groups is 1. The van der Waals surface area contributed by atoms with Crippen molar-refractivity contribution in [3.05, 3.63) is 34.6 Å². The number of nitrogens with one attached hydrogen (secondary N) is 1. The van der Waals surface area contributed by atoms with Crippen molar-refractivity contribution in [3.8, 4) is 0 Å². The fraction of sp³-hybridized carbons (Fsp3) is 0.667. The van der Waals surface area contributed by atoms with E-state index in [1.165, 1.54) is 16.4 Å². The summed E-state index contributed by atoms with van der Waals surface area (Å²) in [5.41, 5.74) is 1.79. The van der Waals surface area contributed by atoms with Crippen molar-refractivity contribution in [1.82, 2.24) is 14.7 Å². The van der Waals surface area contributed by atoms with Crippen LogP contribution in [0, 0.1) is 17.7 Å². The molecule has 3 rings (SSSR count). The molecule has 1 aromatic rings. The number of rotatable bonds is 6. The molecular formula is C24H35ClFN3O6S. The van der Waals surface area contributed by atoms with Gasteiger partial charge in [-0.25, -0.2) is 27.4 Å². The predicted molar refractivity (Wildman–Crippen MR) is 133 cm³/mol. The van der Waals surface area contributed by atoms with Gasteiger partial charge in [0, 0.05) is 31.2 Å². The first-order chi connectivity index (χ1) is 16.8. The van der Waals surface area contributed by atoms with E-state index < -0.39 is 45.1 Å². The van der Waals surface area contributed by atoms with E-state index in [9.17, 15) is 27.6 Å². The van der Waals surface area contributed by atoms with Crippen molar-refractivity contribution < 1.29 is 32.3 Å². The van der Waals surface area contributed by atoms with Crippen LogP contribution >= 0.6 is 11.6 Å². The molecule has 36 heavy (non-hydrogen) atoms. The zero-order valence-electron chi connectivity index (χ0n) is 20.9. The number of sulfonamides is 1. The number of ether oxygens (including phenoxy) is 1. The van der Waals surface area contributed by atoms with Crippen LogP contribution in [0.15, 0.2) is 18.2 Å². The Morgan fingerprint density at radius 1 is 1.17 bits per heavy atom. The number of benzene rings is 1. The van der Waals surface area contributed by atoms with Crippen molar-refractivity contribution in [2.75, 3.05) is 31.9 Å². The molecule has 0 saturated carbocycles. The van der Waals surface area contributed by atoms with Crippen LogP contribution in [0.25, 0.3) is 0 Å². The summed E-state index contributed by atoms with van der Waals surface area (Å²) in [5, 5.41) is 9.61. The third-order valence-electron chi connectivity index (χ3n) is 6.85. The number of nitrogens with zero attached hydrogens (tertiary/aromatic N) is 2. The molecule has 12 heteroatoms. The molecule has 1 unspecified atom stereocenters. The van der Waals surface area contributed by atoms with Gasteiger partial charge >= 0.3 is 6.09 Å². The van der Waals surface area contributed by atoms with E-state index in [0.717, 1.165) is 5.56 Å². The Morgan fingerprint density at radius 2 is 1.78 bits per heavy atom. The highest BCUT2D eigenvalue weighted by Gasteiger charge is 2.39. The summed E-state index contributed by atoms with van der Waals surface area (Å²) >= 11 is 6.18. The van der Waals surface area contributed by atoms with Crippen molar-refractivity contribution >= 4 is 33.6 Å². The molecule has 2 aliphatic rings. The molecule has 2 saturated heterocycles. The Bertz CT molecular complexity index is 1050. The lowest BCUT2D eigenvalue weighted by Gasteiger charge is -2.37. The standard InChI is InChI=1S/C24H35ClFN3O6S/c1-24(2,3)35-23(31)28-10-6-17(7-11-28)20(22(30)27-32)15-36(33,34)29-12-8-16(9-13-29)19-5-4-18(26)14-21(19)25/h4-5,14,16-17,20,32H,6-13,15H2,1-3H3,(H,27,30). The van der Waals surface area contributed by atoms with Gasteiger partial charge < -0.3 is 9.64 Å². The summed E-state index contributed by atoms with van der Waals surface area (Å²) < 4.78 is 46.6. The topological polar surface area (TPSA) is 116 Å². The maximum atomic E-state index is 13.4. The van der Waals surface area contributed by atoms with E-state index >= 15 is 0 Å². The molecule has 1 aromatic carbocycles. The second-order valence-electron chi connectivity index (χ2n) is 10.5. The third kappa shape index (κ3) is 7.30. The third-order valence-corrected chi connectivity index (χ3v) is 9.11. The van der Waals surface area contributed by atoms with Gasteiger partial charge in [-0.1, -0.05) is 17.7 Å². The summed E-state index contributed by atoms with van der Waals surface area (Å²) in [6, 6.07) is 4.24. The molecule has 2 amide bonds. The predicted octanol–water partition coefficient (Wildman–Crippen LogP) is 3.76. The minimum atomic E-state index is -3.80. The van der Waals surface area contributed by atoms with E-state index in [2.05, 4.69) is 0 Å². The number of amides is 2. The van der Waals surface area contributed by atoms with Crippen molar-refractivity contribution in [3.63, 3.8) is 0 Å². The quantitative estimate of drug-likeness (QED) is 0.414. The number of carbonyl (C=O) groups is 2. The number of piperidine rings is 2. The zero-order valence-corrected chi connectivity index (χ0v) is 22.4. The van der Waals surface area contributed by atoms with Gasteiger partial charge in [-0.15, -0.1) is 0 Å². The van der Waals surface area contributed by atoms with Crippen LogP contribution in [0.4, 0.5) is 9.18 Å². The van der Waals surface area contributed by atoms with Crippen LogP contribution in [-0.4, -0.2) is 72.4 Å². The second-order valence-corrected chi connectivity index (χ2v) is 12.9. The molecule has 2 heterocycles. The molecule has 0 aliphatic carbocycles. The number of hydrogen-bond donors (Lipinski definition) is 2. The zero-order chi connectivity index (χ0) is 26.7. The first-order valence-corrected chi connectivity index (χ1v) is 14.1. The van der Waals surface area contributed by atoms with E-state index in [-0.39, 0.29) is 24.9 Å². The Labute approximate surface area is 216 Å². The van der Waals surface area contributed by atoms with E-state index in [1.54, 1.807) is 37.2 Å². The average Bonchev–Trinajstić information content (AvgIpc) is 2.81. The Hall–Kier alpha value is -1.95. The second kappa shape index (κ2) is 11.6. The molecule has 2 aliphatic heterocycles. The smallest absolute Gasteiger partial charge is 0.410 e. The molecule has 0 radical (unpaired) electrons. The number of likely N-dealkylation sites (tertiary alicyclic amines) is 1. The number of carbonyl (C=O) groups excluding carboxylic acids is 2. The van der Waals surface area contributed by atoms with Crippen LogP contribution in [0.1, 0.15) is 57.9 Å². The molecule has 2 N–H and O–H groups in total. The van der Waals surface area contributed by atoms with Crippen molar-refractivity contribution in [2.24, 2.45) is 11.8 Å².